The second-order valence-corrected chi connectivity index (χ2v) is 4.11. The molecule has 0 fully saturated rings. The van der Waals surface area contributed by atoms with Crippen LogP contribution in [0.2, 0.25) is 0 Å². The standard InChI is InChI=1S/C14H17N3O/c1-9-10(2)13(18-4)6-5-12(9)11-7-16-14(15-3)17-8-11/h5-8H,1-4H3,(H,15,16,17). The summed E-state index contributed by atoms with van der Waals surface area (Å²) in [5, 5.41) is 2.91. The minimum atomic E-state index is 0.627. The van der Waals surface area contributed by atoms with E-state index >= 15 is 0 Å². The van der Waals surface area contributed by atoms with Gasteiger partial charge >= 0.3 is 0 Å². The summed E-state index contributed by atoms with van der Waals surface area (Å²) >= 11 is 0. The molecular formula is C14H17N3O. The van der Waals surface area contributed by atoms with Crippen LogP contribution < -0.4 is 10.1 Å². The van der Waals surface area contributed by atoms with Crippen molar-refractivity contribution in [3.8, 4) is 16.9 Å². The number of methoxy groups -OCH3 is 1. The van der Waals surface area contributed by atoms with Gasteiger partial charge in [0.25, 0.3) is 0 Å². The number of hydrogen-bond acceptors (Lipinski definition) is 4. The van der Waals surface area contributed by atoms with Crippen molar-refractivity contribution in [3.63, 3.8) is 0 Å². The Labute approximate surface area is 107 Å². The van der Waals surface area contributed by atoms with Crippen molar-refractivity contribution in [2.45, 2.75) is 13.8 Å². The molecule has 0 atom stereocenters. The molecule has 4 nitrogen and oxygen atoms in total. The van der Waals surface area contributed by atoms with Crippen LogP contribution in [0, 0.1) is 13.8 Å². The van der Waals surface area contributed by atoms with Crippen LogP contribution in [0.4, 0.5) is 5.95 Å². The number of benzene rings is 1. The molecule has 4 heteroatoms. The summed E-state index contributed by atoms with van der Waals surface area (Å²) in [6.07, 6.45) is 3.65. The number of aromatic nitrogens is 2. The van der Waals surface area contributed by atoms with Crippen molar-refractivity contribution in [1.29, 1.82) is 0 Å². The van der Waals surface area contributed by atoms with E-state index in [0.29, 0.717) is 5.95 Å². The van der Waals surface area contributed by atoms with Gasteiger partial charge < -0.3 is 10.1 Å². The van der Waals surface area contributed by atoms with Crippen LogP contribution in [-0.4, -0.2) is 24.1 Å². The Balaban J connectivity index is 2.47. The van der Waals surface area contributed by atoms with Gasteiger partial charge in [-0.2, -0.15) is 0 Å². The van der Waals surface area contributed by atoms with Crippen LogP contribution >= 0.6 is 0 Å². The van der Waals surface area contributed by atoms with Gasteiger partial charge in [0.1, 0.15) is 5.75 Å². The molecule has 0 amide bonds. The lowest BCUT2D eigenvalue weighted by molar-refractivity contribution is 0.411. The smallest absolute Gasteiger partial charge is 0.222 e. The molecule has 1 N–H and O–H groups in total. The summed E-state index contributed by atoms with van der Waals surface area (Å²) in [4.78, 5) is 8.47. The first kappa shape index (κ1) is 12.4. The first-order chi connectivity index (χ1) is 8.67. The van der Waals surface area contributed by atoms with Crippen LogP contribution in [0.25, 0.3) is 11.1 Å². The maximum Gasteiger partial charge on any atom is 0.222 e. The molecule has 1 aromatic heterocycles. The highest BCUT2D eigenvalue weighted by atomic mass is 16.5. The maximum absolute atomic E-state index is 5.31. The SMILES string of the molecule is CNc1ncc(-c2ccc(OC)c(C)c2C)cn1. The Morgan fingerprint density at radius 2 is 1.72 bits per heavy atom. The van der Waals surface area contributed by atoms with Gasteiger partial charge in [0.05, 0.1) is 7.11 Å². The van der Waals surface area contributed by atoms with Gasteiger partial charge in [-0.25, -0.2) is 9.97 Å². The Morgan fingerprint density at radius 3 is 2.28 bits per heavy atom. The fourth-order valence-corrected chi connectivity index (χ4v) is 1.93. The molecule has 2 rings (SSSR count). The normalized spacial score (nSPS) is 10.2. The van der Waals surface area contributed by atoms with E-state index in [-0.39, 0.29) is 0 Å². The number of ether oxygens (including phenoxy) is 1. The highest BCUT2D eigenvalue weighted by Crippen LogP contribution is 2.30. The van der Waals surface area contributed by atoms with E-state index in [1.807, 2.05) is 24.5 Å². The fraction of sp³-hybridized carbons (Fsp3) is 0.286. The zero-order valence-electron chi connectivity index (χ0n) is 11.1. The molecule has 0 bridgehead atoms. The summed E-state index contributed by atoms with van der Waals surface area (Å²) < 4.78 is 5.31. The molecule has 0 aliphatic rings. The highest BCUT2D eigenvalue weighted by molar-refractivity contribution is 5.69. The lowest BCUT2D eigenvalue weighted by Crippen LogP contribution is -1.97. The number of nitrogens with zero attached hydrogens (tertiary/aromatic N) is 2. The zero-order valence-corrected chi connectivity index (χ0v) is 11.1. The van der Waals surface area contributed by atoms with Crippen LogP contribution in [0.5, 0.6) is 5.75 Å². The predicted molar refractivity (Wildman–Crippen MR) is 73.0 cm³/mol. The Morgan fingerprint density at radius 1 is 1.06 bits per heavy atom. The molecule has 94 valence electrons. The number of nitrogens with one attached hydrogen (secondary N) is 1. The summed E-state index contributed by atoms with van der Waals surface area (Å²) in [5.41, 5.74) is 4.48. The van der Waals surface area contributed by atoms with Gasteiger partial charge in [-0.15, -0.1) is 0 Å². The molecule has 0 radical (unpaired) electrons. The molecular weight excluding hydrogens is 226 g/mol. The molecule has 0 unspecified atom stereocenters. The summed E-state index contributed by atoms with van der Waals surface area (Å²) in [6.45, 7) is 4.14. The lowest BCUT2D eigenvalue weighted by atomic mass is 9.98. The van der Waals surface area contributed by atoms with Crippen molar-refractivity contribution in [3.05, 3.63) is 35.7 Å². The predicted octanol–water partition coefficient (Wildman–Crippen LogP) is 2.81. The summed E-state index contributed by atoms with van der Waals surface area (Å²) in [7, 11) is 3.49. The van der Waals surface area contributed by atoms with E-state index in [1.165, 1.54) is 5.56 Å². The first-order valence-electron chi connectivity index (χ1n) is 5.81. The topological polar surface area (TPSA) is 47.0 Å². The van der Waals surface area contributed by atoms with Crippen molar-refractivity contribution in [2.75, 3.05) is 19.5 Å². The van der Waals surface area contributed by atoms with Crippen molar-refractivity contribution in [2.24, 2.45) is 0 Å². The third-order valence-electron chi connectivity index (χ3n) is 3.14. The van der Waals surface area contributed by atoms with Crippen LogP contribution in [0.15, 0.2) is 24.5 Å². The van der Waals surface area contributed by atoms with Gasteiger partial charge in [-0.05, 0) is 36.6 Å². The maximum atomic E-state index is 5.31. The first-order valence-corrected chi connectivity index (χ1v) is 5.81. The number of rotatable bonds is 3. The second-order valence-electron chi connectivity index (χ2n) is 4.11. The molecule has 0 saturated carbocycles. The quantitative estimate of drug-likeness (QED) is 0.900. The van der Waals surface area contributed by atoms with Crippen LogP contribution in [0.1, 0.15) is 11.1 Å². The van der Waals surface area contributed by atoms with Crippen LogP contribution in [-0.2, 0) is 0 Å². The molecule has 0 aliphatic heterocycles. The van der Waals surface area contributed by atoms with Gasteiger partial charge in [-0.1, -0.05) is 6.07 Å². The van der Waals surface area contributed by atoms with Gasteiger partial charge in [0, 0.05) is 25.0 Å². The Bertz CT molecular complexity index is 550. The zero-order chi connectivity index (χ0) is 13.1. The second kappa shape index (κ2) is 5.04. The average Bonchev–Trinajstić information content (AvgIpc) is 2.42. The van der Waals surface area contributed by atoms with Gasteiger partial charge in [0.15, 0.2) is 0 Å². The van der Waals surface area contributed by atoms with E-state index < -0.39 is 0 Å². The van der Waals surface area contributed by atoms with Crippen molar-refractivity contribution in [1.82, 2.24) is 9.97 Å². The van der Waals surface area contributed by atoms with Gasteiger partial charge in [0.2, 0.25) is 5.95 Å². The van der Waals surface area contributed by atoms with Crippen molar-refractivity contribution >= 4 is 5.95 Å². The van der Waals surface area contributed by atoms with E-state index in [2.05, 4.69) is 29.1 Å². The summed E-state index contributed by atoms with van der Waals surface area (Å²) in [5.74, 6) is 1.53. The molecule has 1 aromatic carbocycles. The third kappa shape index (κ3) is 2.14. The summed E-state index contributed by atoms with van der Waals surface area (Å²) in [6, 6.07) is 4.02. The van der Waals surface area contributed by atoms with Gasteiger partial charge in [-0.3, -0.25) is 0 Å². The Hall–Kier alpha value is -2.10. The molecule has 0 spiro atoms. The molecule has 2 aromatic rings. The number of anilines is 1. The lowest BCUT2D eigenvalue weighted by Gasteiger charge is -2.12. The molecule has 18 heavy (non-hydrogen) atoms. The largest absolute Gasteiger partial charge is 0.496 e. The highest BCUT2D eigenvalue weighted by Gasteiger charge is 2.09. The molecule has 1 heterocycles. The average molecular weight is 243 g/mol. The van der Waals surface area contributed by atoms with E-state index in [4.69, 9.17) is 4.74 Å². The monoisotopic (exact) mass is 243 g/mol. The molecule has 0 saturated heterocycles. The van der Waals surface area contributed by atoms with E-state index in [1.54, 1.807) is 14.2 Å². The molecule has 0 aliphatic carbocycles. The minimum Gasteiger partial charge on any atom is -0.496 e. The van der Waals surface area contributed by atoms with Crippen LogP contribution in [0.3, 0.4) is 0 Å². The third-order valence-corrected chi connectivity index (χ3v) is 3.14. The van der Waals surface area contributed by atoms with E-state index in [0.717, 1.165) is 22.4 Å². The van der Waals surface area contributed by atoms with Crippen molar-refractivity contribution < 1.29 is 4.74 Å². The minimum absolute atomic E-state index is 0.627. The fourth-order valence-electron chi connectivity index (χ4n) is 1.93. The Kier molecular flexibility index (Phi) is 3.46. The number of hydrogen-bond donors (Lipinski definition) is 1. The van der Waals surface area contributed by atoms with E-state index in [9.17, 15) is 0 Å².